The summed E-state index contributed by atoms with van der Waals surface area (Å²) in [5, 5.41) is 3.45. The van der Waals surface area contributed by atoms with Crippen molar-refractivity contribution in [1.82, 2.24) is 15.1 Å². The Kier molecular flexibility index (Phi) is 10.5. The molecule has 0 aromatic heterocycles. The monoisotopic (exact) mass is 488 g/mol. The van der Waals surface area contributed by atoms with Crippen molar-refractivity contribution < 1.29 is 9.53 Å². The van der Waals surface area contributed by atoms with Gasteiger partial charge < -0.3 is 19.9 Å². The molecular formula is C20H33IN4O2. The van der Waals surface area contributed by atoms with Gasteiger partial charge in [0.2, 0.25) is 5.91 Å². The molecule has 2 rings (SSSR count). The van der Waals surface area contributed by atoms with E-state index in [0.29, 0.717) is 0 Å². The first kappa shape index (κ1) is 23.5. The van der Waals surface area contributed by atoms with E-state index in [1.807, 2.05) is 12.1 Å². The Balaban J connectivity index is 0.00000364. The number of amides is 1. The Morgan fingerprint density at radius 3 is 2.44 bits per heavy atom. The van der Waals surface area contributed by atoms with Crippen molar-refractivity contribution in [2.24, 2.45) is 10.9 Å². The number of carbonyl (C=O) groups excluding carboxylic acids is 1. The molecule has 0 radical (unpaired) electrons. The van der Waals surface area contributed by atoms with Crippen LogP contribution in [0.4, 0.5) is 0 Å². The number of likely N-dealkylation sites (tertiary alicyclic amines) is 1. The SMILES string of the molecule is COc1ccc(CCNC(=NCC(=O)N(C)C)N2CCC(C)CC2)cc1.I. The second-order valence-corrected chi connectivity index (χ2v) is 7.12. The predicted molar refractivity (Wildman–Crippen MR) is 121 cm³/mol. The van der Waals surface area contributed by atoms with Crippen LogP contribution in [0.15, 0.2) is 29.3 Å². The minimum absolute atomic E-state index is 0. The summed E-state index contributed by atoms with van der Waals surface area (Å²) in [7, 11) is 5.20. The number of hydrogen-bond donors (Lipinski definition) is 1. The van der Waals surface area contributed by atoms with Crippen molar-refractivity contribution in [2.45, 2.75) is 26.2 Å². The van der Waals surface area contributed by atoms with Crippen molar-refractivity contribution in [2.75, 3.05) is 47.4 Å². The third-order valence-corrected chi connectivity index (χ3v) is 4.80. The maximum absolute atomic E-state index is 11.9. The molecule has 1 N–H and O–H groups in total. The van der Waals surface area contributed by atoms with Gasteiger partial charge >= 0.3 is 0 Å². The number of piperidine rings is 1. The summed E-state index contributed by atoms with van der Waals surface area (Å²) in [4.78, 5) is 20.3. The first-order chi connectivity index (χ1) is 12.5. The van der Waals surface area contributed by atoms with Crippen LogP contribution in [0, 0.1) is 5.92 Å². The smallest absolute Gasteiger partial charge is 0.243 e. The van der Waals surface area contributed by atoms with Crippen molar-refractivity contribution in [3.63, 3.8) is 0 Å². The molecule has 0 atom stereocenters. The molecule has 0 unspecified atom stereocenters. The molecule has 0 saturated carbocycles. The van der Waals surface area contributed by atoms with Crippen molar-refractivity contribution in [3.05, 3.63) is 29.8 Å². The number of ether oxygens (including phenoxy) is 1. The van der Waals surface area contributed by atoms with Crippen LogP contribution in [-0.4, -0.2) is 69.1 Å². The summed E-state index contributed by atoms with van der Waals surface area (Å²) < 4.78 is 5.20. The zero-order valence-electron chi connectivity index (χ0n) is 16.9. The molecule has 1 aromatic rings. The number of carbonyl (C=O) groups is 1. The Labute approximate surface area is 180 Å². The van der Waals surface area contributed by atoms with E-state index in [0.717, 1.165) is 43.7 Å². The summed E-state index contributed by atoms with van der Waals surface area (Å²) in [5.41, 5.74) is 1.24. The third-order valence-electron chi connectivity index (χ3n) is 4.80. The van der Waals surface area contributed by atoms with Crippen LogP contribution in [0.25, 0.3) is 0 Å². The van der Waals surface area contributed by atoms with Gasteiger partial charge in [-0.2, -0.15) is 0 Å². The highest BCUT2D eigenvalue weighted by atomic mass is 127. The average molecular weight is 488 g/mol. The van der Waals surface area contributed by atoms with Gasteiger partial charge in [0.15, 0.2) is 5.96 Å². The van der Waals surface area contributed by atoms with Crippen molar-refractivity contribution >= 4 is 35.8 Å². The molecular weight excluding hydrogens is 455 g/mol. The maximum Gasteiger partial charge on any atom is 0.243 e. The van der Waals surface area contributed by atoms with E-state index in [1.165, 1.54) is 18.4 Å². The van der Waals surface area contributed by atoms with E-state index >= 15 is 0 Å². The van der Waals surface area contributed by atoms with E-state index in [4.69, 9.17) is 4.74 Å². The summed E-state index contributed by atoms with van der Waals surface area (Å²) in [6, 6.07) is 8.11. The average Bonchev–Trinajstić information content (AvgIpc) is 2.65. The molecule has 1 fully saturated rings. The number of hydrogen-bond acceptors (Lipinski definition) is 3. The number of rotatable bonds is 6. The molecule has 0 aliphatic carbocycles. The van der Waals surface area contributed by atoms with Crippen LogP contribution in [0.3, 0.4) is 0 Å². The van der Waals surface area contributed by atoms with Crippen molar-refractivity contribution in [1.29, 1.82) is 0 Å². The Hall–Kier alpha value is -1.51. The van der Waals surface area contributed by atoms with Gasteiger partial charge in [-0.3, -0.25) is 4.79 Å². The Bertz CT molecular complexity index is 597. The summed E-state index contributed by atoms with van der Waals surface area (Å²) >= 11 is 0. The van der Waals surface area contributed by atoms with Gasteiger partial charge in [0.25, 0.3) is 0 Å². The van der Waals surface area contributed by atoms with Gasteiger partial charge in [-0.25, -0.2) is 4.99 Å². The lowest BCUT2D eigenvalue weighted by molar-refractivity contribution is -0.127. The van der Waals surface area contributed by atoms with Gasteiger partial charge in [0.05, 0.1) is 7.11 Å². The molecule has 1 saturated heterocycles. The fraction of sp³-hybridized carbons (Fsp3) is 0.600. The number of likely N-dealkylation sites (N-methyl/N-ethyl adjacent to an activating group) is 1. The van der Waals surface area contributed by atoms with Crippen LogP contribution in [0.1, 0.15) is 25.3 Å². The maximum atomic E-state index is 11.9. The van der Waals surface area contributed by atoms with Crippen LogP contribution in [0.2, 0.25) is 0 Å². The van der Waals surface area contributed by atoms with Crippen LogP contribution in [0.5, 0.6) is 5.75 Å². The largest absolute Gasteiger partial charge is 0.497 e. The van der Waals surface area contributed by atoms with Crippen LogP contribution < -0.4 is 10.1 Å². The Morgan fingerprint density at radius 1 is 1.26 bits per heavy atom. The van der Waals surface area contributed by atoms with E-state index < -0.39 is 0 Å². The van der Waals surface area contributed by atoms with E-state index in [1.54, 1.807) is 26.1 Å². The normalized spacial score (nSPS) is 15.1. The zero-order chi connectivity index (χ0) is 18.9. The van der Waals surface area contributed by atoms with Gasteiger partial charge in [0.1, 0.15) is 12.3 Å². The minimum Gasteiger partial charge on any atom is -0.497 e. The predicted octanol–water partition coefficient (Wildman–Crippen LogP) is 2.62. The lowest BCUT2D eigenvalue weighted by atomic mass is 9.99. The number of nitrogens with one attached hydrogen (secondary N) is 1. The molecule has 0 spiro atoms. The second kappa shape index (κ2) is 12.0. The molecule has 7 heteroatoms. The van der Waals surface area contributed by atoms with Crippen molar-refractivity contribution in [3.8, 4) is 5.75 Å². The van der Waals surface area contributed by atoms with Gasteiger partial charge in [-0.15, -0.1) is 24.0 Å². The second-order valence-electron chi connectivity index (χ2n) is 7.12. The first-order valence-electron chi connectivity index (χ1n) is 9.36. The molecule has 6 nitrogen and oxygen atoms in total. The number of guanidine groups is 1. The highest BCUT2D eigenvalue weighted by molar-refractivity contribution is 14.0. The first-order valence-corrected chi connectivity index (χ1v) is 9.36. The standard InChI is InChI=1S/C20H32N4O2.HI/c1-16-10-13-24(14-11-16)20(22-15-19(25)23(2)3)21-12-9-17-5-7-18(26-4)8-6-17;/h5-8,16H,9-15H2,1-4H3,(H,21,22);1H. The zero-order valence-corrected chi connectivity index (χ0v) is 19.2. The molecule has 1 aliphatic heterocycles. The number of nitrogens with zero attached hydrogens (tertiary/aromatic N) is 3. The van der Waals surface area contributed by atoms with Gasteiger partial charge in [-0.1, -0.05) is 19.1 Å². The van der Waals surface area contributed by atoms with E-state index in [-0.39, 0.29) is 36.4 Å². The molecule has 0 bridgehead atoms. The fourth-order valence-electron chi connectivity index (χ4n) is 2.88. The summed E-state index contributed by atoms with van der Waals surface area (Å²) in [6.45, 7) is 5.25. The third kappa shape index (κ3) is 7.94. The van der Waals surface area contributed by atoms with Crippen LogP contribution in [-0.2, 0) is 11.2 Å². The quantitative estimate of drug-likeness (QED) is 0.380. The van der Waals surface area contributed by atoms with Gasteiger partial charge in [0, 0.05) is 33.7 Å². The Morgan fingerprint density at radius 2 is 1.89 bits per heavy atom. The minimum atomic E-state index is 0. The lowest BCUT2D eigenvalue weighted by Gasteiger charge is -2.33. The number of methoxy groups -OCH3 is 1. The number of benzene rings is 1. The number of aliphatic imine (C=N–C) groups is 1. The van der Waals surface area contributed by atoms with Crippen LogP contribution >= 0.6 is 24.0 Å². The molecule has 152 valence electrons. The van der Waals surface area contributed by atoms with E-state index in [9.17, 15) is 4.79 Å². The highest BCUT2D eigenvalue weighted by Gasteiger charge is 2.19. The molecule has 1 heterocycles. The molecule has 1 amide bonds. The lowest BCUT2D eigenvalue weighted by Crippen LogP contribution is -2.46. The van der Waals surface area contributed by atoms with E-state index in [2.05, 4.69) is 34.3 Å². The number of halogens is 1. The molecule has 27 heavy (non-hydrogen) atoms. The summed E-state index contributed by atoms with van der Waals surface area (Å²) in [6.07, 6.45) is 3.23. The molecule has 1 aromatic carbocycles. The van der Waals surface area contributed by atoms with Gasteiger partial charge in [-0.05, 0) is 42.9 Å². The highest BCUT2D eigenvalue weighted by Crippen LogP contribution is 2.16. The summed E-state index contributed by atoms with van der Waals surface area (Å²) in [5.74, 6) is 2.49. The topological polar surface area (TPSA) is 57.2 Å². The molecule has 1 aliphatic rings. The fourth-order valence-corrected chi connectivity index (χ4v) is 2.88.